The van der Waals surface area contributed by atoms with Gasteiger partial charge in [-0.05, 0) is 18.2 Å². The molecule has 1 unspecified atom stereocenters. The normalized spacial score (nSPS) is 19.2. The van der Waals surface area contributed by atoms with Crippen LogP contribution in [0.3, 0.4) is 0 Å². The van der Waals surface area contributed by atoms with Crippen LogP contribution in [0.1, 0.15) is 16.8 Å². The smallest absolute Gasteiger partial charge is 0.253 e. The predicted molar refractivity (Wildman–Crippen MR) is 67.8 cm³/mol. The third-order valence-corrected chi connectivity index (χ3v) is 3.06. The first kappa shape index (κ1) is 12.9. The van der Waals surface area contributed by atoms with Gasteiger partial charge < -0.3 is 15.3 Å². The highest BCUT2D eigenvalue weighted by Gasteiger charge is 2.31. The highest BCUT2D eigenvalue weighted by molar-refractivity contribution is 6.31. The number of hydrogen-bond acceptors (Lipinski definition) is 3. The highest BCUT2D eigenvalue weighted by atomic mass is 35.5. The number of nitrogens with one attached hydrogen (secondary N) is 1. The van der Waals surface area contributed by atoms with Crippen LogP contribution >= 0.6 is 11.6 Å². The summed E-state index contributed by atoms with van der Waals surface area (Å²) in [5.41, 5.74) is 0.799. The number of β-amino-alcohol motifs (C(OH)–C–C–N with tert-alkyl or cyclic N) is 1. The van der Waals surface area contributed by atoms with E-state index in [2.05, 4.69) is 5.32 Å². The van der Waals surface area contributed by atoms with E-state index in [0.29, 0.717) is 16.3 Å². The Bertz CT molecular complexity index is 504. The molecular weight excluding hydrogens is 256 g/mol. The van der Waals surface area contributed by atoms with Crippen LogP contribution in [0, 0.1) is 0 Å². The molecule has 1 heterocycles. The topological polar surface area (TPSA) is 69.6 Å². The summed E-state index contributed by atoms with van der Waals surface area (Å²) in [4.78, 5) is 24.9. The molecule has 2 rings (SSSR count). The second-order valence-electron chi connectivity index (χ2n) is 4.10. The Kier molecular flexibility index (Phi) is 3.54. The number of aliphatic hydroxyl groups is 1. The van der Waals surface area contributed by atoms with Gasteiger partial charge in [-0.3, -0.25) is 9.59 Å². The van der Waals surface area contributed by atoms with Crippen molar-refractivity contribution >= 4 is 29.1 Å². The van der Waals surface area contributed by atoms with E-state index in [-0.39, 0.29) is 24.8 Å². The van der Waals surface area contributed by atoms with Gasteiger partial charge in [0, 0.05) is 12.1 Å². The molecule has 1 aliphatic rings. The molecular formula is C12H13ClN2O3. The molecule has 6 heteroatoms. The maximum atomic E-state index is 11.8. The van der Waals surface area contributed by atoms with Crippen LogP contribution < -0.4 is 10.2 Å². The van der Waals surface area contributed by atoms with E-state index in [1.54, 1.807) is 18.2 Å². The average Bonchev–Trinajstić information content (AvgIpc) is 2.67. The van der Waals surface area contributed by atoms with E-state index >= 15 is 0 Å². The van der Waals surface area contributed by atoms with Gasteiger partial charge >= 0.3 is 0 Å². The minimum Gasteiger partial charge on any atom is -0.391 e. The molecule has 0 aliphatic carbocycles. The fourth-order valence-electron chi connectivity index (χ4n) is 1.98. The molecule has 1 atom stereocenters. The first-order valence-electron chi connectivity index (χ1n) is 5.53. The monoisotopic (exact) mass is 268 g/mol. The van der Waals surface area contributed by atoms with Gasteiger partial charge in [0.25, 0.3) is 5.91 Å². The van der Waals surface area contributed by atoms with Gasteiger partial charge in [0.05, 0.1) is 30.3 Å². The molecule has 1 saturated heterocycles. The Labute approximate surface area is 109 Å². The van der Waals surface area contributed by atoms with E-state index in [9.17, 15) is 14.7 Å². The Morgan fingerprint density at radius 2 is 2.28 bits per heavy atom. The van der Waals surface area contributed by atoms with Gasteiger partial charge in [-0.1, -0.05) is 11.6 Å². The van der Waals surface area contributed by atoms with Gasteiger partial charge in [0.1, 0.15) is 0 Å². The van der Waals surface area contributed by atoms with Crippen molar-refractivity contribution < 1.29 is 14.7 Å². The molecule has 1 aliphatic heterocycles. The number of anilines is 1. The quantitative estimate of drug-likeness (QED) is 0.833. The summed E-state index contributed by atoms with van der Waals surface area (Å²) in [5.74, 6) is -0.509. The minimum absolute atomic E-state index is 0.0691. The number of rotatable bonds is 2. The zero-order valence-corrected chi connectivity index (χ0v) is 10.6. The number of carbonyl (C=O) groups is 2. The Balaban J connectivity index is 2.45. The molecule has 1 fully saturated rings. The molecule has 2 amide bonds. The third-order valence-electron chi connectivity index (χ3n) is 2.83. The number of aliphatic hydroxyl groups excluding tert-OH is 1. The molecule has 96 valence electrons. The zero-order valence-electron chi connectivity index (χ0n) is 9.81. The fraction of sp³-hybridized carbons (Fsp3) is 0.333. The summed E-state index contributed by atoms with van der Waals surface area (Å²) in [6.07, 6.45) is -0.631. The molecule has 0 saturated carbocycles. The van der Waals surface area contributed by atoms with Crippen molar-refractivity contribution in [2.75, 3.05) is 18.5 Å². The van der Waals surface area contributed by atoms with Crippen LogP contribution in [0.4, 0.5) is 5.69 Å². The summed E-state index contributed by atoms with van der Waals surface area (Å²) in [5, 5.41) is 12.4. The van der Waals surface area contributed by atoms with Crippen LogP contribution in [0.2, 0.25) is 5.02 Å². The number of hydrogen-bond donors (Lipinski definition) is 2. The summed E-state index contributed by atoms with van der Waals surface area (Å²) in [7, 11) is 1.52. The van der Waals surface area contributed by atoms with Crippen molar-refractivity contribution in [3.63, 3.8) is 0 Å². The number of halogens is 1. The summed E-state index contributed by atoms with van der Waals surface area (Å²) < 4.78 is 0. The van der Waals surface area contributed by atoms with Crippen molar-refractivity contribution in [3.05, 3.63) is 28.8 Å². The molecule has 1 aromatic carbocycles. The number of carbonyl (C=O) groups excluding carboxylic acids is 2. The standard InChI is InChI=1S/C12H13ClN2O3/c1-14-12(18)9-3-2-7(13)4-10(9)15-6-8(16)5-11(15)17/h2-4,8,16H,5-6H2,1H3,(H,14,18). The lowest BCUT2D eigenvalue weighted by molar-refractivity contribution is -0.117. The predicted octanol–water partition coefficient (Wildman–Crippen LogP) is 0.797. The van der Waals surface area contributed by atoms with Crippen molar-refractivity contribution in [2.24, 2.45) is 0 Å². The molecule has 0 spiro atoms. The molecule has 0 radical (unpaired) electrons. The Morgan fingerprint density at radius 1 is 1.56 bits per heavy atom. The first-order valence-corrected chi connectivity index (χ1v) is 5.90. The molecule has 0 bridgehead atoms. The lowest BCUT2D eigenvalue weighted by Gasteiger charge is -2.19. The molecule has 2 N–H and O–H groups in total. The first-order chi connectivity index (χ1) is 8.52. The van der Waals surface area contributed by atoms with Gasteiger partial charge in [0.2, 0.25) is 5.91 Å². The third kappa shape index (κ3) is 2.32. The molecule has 1 aromatic rings. The van der Waals surface area contributed by atoms with Crippen LogP contribution in [0.25, 0.3) is 0 Å². The molecule has 0 aromatic heterocycles. The van der Waals surface area contributed by atoms with Gasteiger partial charge in [-0.2, -0.15) is 0 Å². The zero-order chi connectivity index (χ0) is 13.3. The van der Waals surface area contributed by atoms with Gasteiger partial charge in [-0.15, -0.1) is 0 Å². The van der Waals surface area contributed by atoms with Crippen molar-refractivity contribution in [3.8, 4) is 0 Å². The highest BCUT2D eigenvalue weighted by Crippen LogP contribution is 2.28. The van der Waals surface area contributed by atoms with E-state index in [1.807, 2.05) is 0 Å². The number of nitrogens with zero attached hydrogens (tertiary/aromatic N) is 1. The SMILES string of the molecule is CNC(=O)c1ccc(Cl)cc1N1CC(O)CC1=O. The average molecular weight is 269 g/mol. The largest absolute Gasteiger partial charge is 0.391 e. The maximum absolute atomic E-state index is 11.8. The lowest BCUT2D eigenvalue weighted by Crippen LogP contribution is -2.29. The molecule has 18 heavy (non-hydrogen) atoms. The Morgan fingerprint density at radius 3 is 2.83 bits per heavy atom. The maximum Gasteiger partial charge on any atom is 0.253 e. The molecule has 5 nitrogen and oxygen atoms in total. The van der Waals surface area contributed by atoms with Crippen LogP contribution in [0.15, 0.2) is 18.2 Å². The van der Waals surface area contributed by atoms with Gasteiger partial charge in [0.15, 0.2) is 0 Å². The van der Waals surface area contributed by atoms with Crippen molar-refractivity contribution in [1.82, 2.24) is 5.32 Å². The number of amides is 2. The van der Waals surface area contributed by atoms with E-state index in [0.717, 1.165) is 0 Å². The van der Waals surface area contributed by atoms with E-state index in [4.69, 9.17) is 11.6 Å². The summed E-state index contributed by atoms with van der Waals surface area (Å²) in [6, 6.07) is 4.71. The van der Waals surface area contributed by atoms with Gasteiger partial charge in [-0.25, -0.2) is 0 Å². The van der Waals surface area contributed by atoms with Crippen molar-refractivity contribution in [2.45, 2.75) is 12.5 Å². The Hall–Kier alpha value is -1.59. The minimum atomic E-state index is -0.700. The number of benzene rings is 1. The summed E-state index contributed by atoms with van der Waals surface area (Å²) >= 11 is 5.90. The van der Waals surface area contributed by atoms with E-state index in [1.165, 1.54) is 11.9 Å². The van der Waals surface area contributed by atoms with Crippen LogP contribution in [-0.4, -0.2) is 36.6 Å². The second kappa shape index (κ2) is 4.96. The lowest BCUT2D eigenvalue weighted by atomic mass is 10.1. The fourth-order valence-corrected chi connectivity index (χ4v) is 2.14. The second-order valence-corrected chi connectivity index (χ2v) is 4.54. The van der Waals surface area contributed by atoms with Crippen LogP contribution in [0.5, 0.6) is 0 Å². The van der Waals surface area contributed by atoms with Crippen LogP contribution in [-0.2, 0) is 4.79 Å². The van der Waals surface area contributed by atoms with Crippen molar-refractivity contribution in [1.29, 1.82) is 0 Å². The summed E-state index contributed by atoms with van der Waals surface area (Å²) in [6.45, 7) is 0.184. The van der Waals surface area contributed by atoms with E-state index < -0.39 is 6.10 Å².